The lowest BCUT2D eigenvalue weighted by Crippen LogP contribution is -2.38. The summed E-state index contributed by atoms with van der Waals surface area (Å²) in [5.41, 5.74) is 0.718. The molecular formula is C11H12F3N. The van der Waals surface area contributed by atoms with Crippen molar-refractivity contribution in [3.63, 3.8) is 0 Å². The molecule has 1 atom stereocenters. The van der Waals surface area contributed by atoms with Gasteiger partial charge >= 0.3 is 0 Å². The summed E-state index contributed by atoms with van der Waals surface area (Å²) in [5, 5.41) is 3.01. The Kier molecular flexibility index (Phi) is 2.69. The van der Waals surface area contributed by atoms with Crippen LogP contribution in [0.1, 0.15) is 24.4 Å². The number of benzene rings is 1. The molecule has 0 spiro atoms. The van der Waals surface area contributed by atoms with Crippen LogP contribution < -0.4 is 5.32 Å². The summed E-state index contributed by atoms with van der Waals surface area (Å²) in [4.78, 5) is 0. The van der Waals surface area contributed by atoms with E-state index in [1.807, 2.05) is 0 Å². The fourth-order valence-electron chi connectivity index (χ4n) is 1.83. The number of alkyl halides is 2. The first kappa shape index (κ1) is 10.5. The normalized spacial score (nSPS) is 25.1. The van der Waals surface area contributed by atoms with Gasteiger partial charge in [-0.15, -0.1) is 0 Å². The zero-order valence-electron chi connectivity index (χ0n) is 8.14. The Morgan fingerprint density at radius 2 is 1.87 bits per heavy atom. The van der Waals surface area contributed by atoms with E-state index in [-0.39, 0.29) is 24.7 Å². The Morgan fingerprint density at radius 3 is 2.47 bits per heavy atom. The van der Waals surface area contributed by atoms with Crippen molar-refractivity contribution in [1.29, 1.82) is 0 Å². The lowest BCUT2D eigenvalue weighted by atomic mass is 9.95. The Balaban J connectivity index is 2.13. The number of halogens is 3. The summed E-state index contributed by atoms with van der Waals surface area (Å²) in [7, 11) is 0. The Morgan fingerprint density at radius 1 is 1.20 bits per heavy atom. The molecule has 0 bridgehead atoms. The first-order chi connectivity index (χ1) is 7.07. The van der Waals surface area contributed by atoms with Crippen LogP contribution in [0.2, 0.25) is 0 Å². The van der Waals surface area contributed by atoms with Crippen LogP contribution in [0.15, 0.2) is 24.3 Å². The third kappa shape index (κ3) is 2.50. The third-order valence-corrected chi connectivity index (χ3v) is 2.66. The van der Waals surface area contributed by atoms with Crippen LogP contribution in [0, 0.1) is 5.82 Å². The molecule has 0 radical (unpaired) electrons. The van der Waals surface area contributed by atoms with Gasteiger partial charge in [-0.2, -0.15) is 0 Å². The molecule has 15 heavy (non-hydrogen) atoms. The van der Waals surface area contributed by atoms with Gasteiger partial charge in [-0.3, -0.25) is 0 Å². The van der Waals surface area contributed by atoms with E-state index in [9.17, 15) is 13.2 Å². The Labute approximate surface area is 86.3 Å². The quantitative estimate of drug-likeness (QED) is 0.759. The molecule has 2 rings (SSSR count). The van der Waals surface area contributed by atoms with Gasteiger partial charge in [0.05, 0.1) is 0 Å². The number of hydrogen-bond acceptors (Lipinski definition) is 1. The summed E-state index contributed by atoms with van der Waals surface area (Å²) in [6, 6.07) is 5.32. The van der Waals surface area contributed by atoms with Gasteiger partial charge in [0.15, 0.2) is 0 Å². The topological polar surface area (TPSA) is 12.0 Å². The van der Waals surface area contributed by atoms with E-state index in [1.54, 1.807) is 12.1 Å². The van der Waals surface area contributed by atoms with E-state index in [0.717, 1.165) is 5.56 Å². The minimum absolute atomic E-state index is 0.120. The second-order valence-electron chi connectivity index (χ2n) is 3.87. The number of rotatable bonds is 1. The highest BCUT2D eigenvalue weighted by Crippen LogP contribution is 2.34. The van der Waals surface area contributed by atoms with Crippen molar-refractivity contribution in [3.05, 3.63) is 35.6 Å². The van der Waals surface area contributed by atoms with Crippen molar-refractivity contribution < 1.29 is 13.2 Å². The van der Waals surface area contributed by atoms with Gasteiger partial charge in [0.2, 0.25) is 0 Å². The van der Waals surface area contributed by atoms with Crippen molar-refractivity contribution in [3.8, 4) is 0 Å². The van der Waals surface area contributed by atoms with Crippen molar-refractivity contribution in [2.75, 3.05) is 6.54 Å². The molecule has 1 aromatic rings. The first-order valence-electron chi connectivity index (χ1n) is 4.93. The van der Waals surface area contributed by atoms with Crippen LogP contribution in [-0.4, -0.2) is 12.5 Å². The standard InChI is InChI=1S/C11H12F3N/c12-9-3-1-8(2-4-9)10-7-11(13,14)5-6-15-10/h1-4,10,15H,5-7H2. The second-order valence-corrected chi connectivity index (χ2v) is 3.87. The van der Waals surface area contributed by atoms with Crippen LogP contribution in [0.4, 0.5) is 13.2 Å². The zero-order valence-corrected chi connectivity index (χ0v) is 8.14. The maximum Gasteiger partial charge on any atom is 0.251 e. The van der Waals surface area contributed by atoms with E-state index < -0.39 is 5.92 Å². The van der Waals surface area contributed by atoms with Gasteiger partial charge in [0.25, 0.3) is 5.92 Å². The Hall–Kier alpha value is -1.03. The van der Waals surface area contributed by atoms with Crippen LogP contribution in [0.5, 0.6) is 0 Å². The monoisotopic (exact) mass is 215 g/mol. The molecule has 1 nitrogen and oxygen atoms in total. The molecule has 82 valence electrons. The predicted molar refractivity (Wildman–Crippen MR) is 51.3 cm³/mol. The van der Waals surface area contributed by atoms with E-state index in [4.69, 9.17) is 0 Å². The van der Waals surface area contributed by atoms with Crippen LogP contribution >= 0.6 is 0 Å². The maximum absolute atomic E-state index is 13.1. The molecule has 0 saturated carbocycles. The van der Waals surface area contributed by atoms with E-state index in [1.165, 1.54) is 12.1 Å². The molecule has 0 aliphatic carbocycles. The fourth-order valence-corrected chi connectivity index (χ4v) is 1.83. The van der Waals surface area contributed by atoms with Crippen molar-refractivity contribution >= 4 is 0 Å². The second kappa shape index (κ2) is 3.85. The van der Waals surface area contributed by atoms with Gasteiger partial charge < -0.3 is 5.32 Å². The van der Waals surface area contributed by atoms with Gasteiger partial charge in [-0.05, 0) is 17.7 Å². The summed E-state index contributed by atoms with van der Waals surface area (Å²) >= 11 is 0. The molecule has 0 amide bonds. The lowest BCUT2D eigenvalue weighted by Gasteiger charge is -2.30. The molecule has 4 heteroatoms. The average Bonchev–Trinajstić information content (AvgIpc) is 2.17. The Bertz CT molecular complexity index is 334. The van der Waals surface area contributed by atoms with Crippen LogP contribution in [-0.2, 0) is 0 Å². The highest BCUT2D eigenvalue weighted by molar-refractivity contribution is 5.20. The van der Waals surface area contributed by atoms with Crippen molar-refractivity contribution in [2.45, 2.75) is 24.8 Å². The molecule has 1 heterocycles. The molecule has 1 aliphatic heterocycles. The molecule has 1 N–H and O–H groups in total. The predicted octanol–water partition coefficient (Wildman–Crippen LogP) is 2.89. The van der Waals surface area contributed by atoms with Gasteiger partial charge in [-0.25, -0.2) is 13.2 Å². The van der Waals surface area contributed by atoms with Gasteiger partial charge in [-0.1, -0.05) is 12.1 Å². The molecule has 1 saturated heterocycles. The SMILES string of the molecule is Fc1ccc(C2CC(F)(F)CCN2)cc1. The number of nitrogens with one attached hydrogen (secondary N) is 1. The van der Waals surface area contributed by atoms with E-state index in [2.05, 4.69) is 5.32 Å². The molecule has 0 aromatic heterocycles. The number of hydrogen-bond donors (Lipinski definition) is 1. The van der Waals surface area contributed by atoms with Gasteiger partial charge in [0.1, 0.15) is 5.82 Å². The molecule has 1 fully saturated rings. The highest BCUT2D eigenvalue weighted by atomic mass is 19.3. The maximum atomic E-state index is 13.1. The van der Waals surface area contributed by atoms with E-state index in [0.29, 0.717) is 6.54 Å². The third-order valence-electron chi connectivity index (χ3n) is 2.66. The summed E-state index contributed by atoms with van der Waals surface area (Å²) in [5.74, 6) is -2.95. The van der Waals surface area contributed by atoms with Crippen LogP contribution in [0.25, 0.3) is 0 Å². The smallest absolute Gasteiger partial charge is 0.251 e. The molecule has 1 aliphatic rings. The molecule has 1 unspecified atom stereocenters. The van der Waals surface area contributed by atoms with Crippen LogP contribution in [0.3, 0.4) is 0 Å². The average molecular weight is 215 g/mol. The highest BCUT2D eigenvalue weighted by Gasteiger charge is 2.36. The summed E-state index contributed by atoms with van der Waals surface area (Å²) in [6.07, 6.45) is -0.330. The fraction of sp³-hybridized carbons (Fsp3) is 0.455. The summed E-state index contributed by atoms with van der Waals surface area (Å²) < 4.78 is 38.8. The minimum Gasteiger partial charge on any atom is -0.310 e. The molecular weight excluding hydrogens is 203 g/mol. The number of piperidine rings is 1. The first-order valence-corrected chi connectivity index (χ1v) is 4.93. The minimum atomic E-state index is -2.61. The lowest BCUT2D eigenvalue weighted by molar-refractivity contribution is -0.0415. The zero-order chi connectivity index (χ0) is 10.9. The van der Waals surface area contributed by atoms with E-state index >= 15 is 0 Å². The van der Waals surface area contributed by atoms with Crippen molar-refractivity contribution in [2.24, 2.45) is 0 Å². The molecule has 1 aromatic carbocycles. The van der Waals surface area contributed by atoms with Gasteiger partial charge in [0, 0.05) is 25.4 Å². The van der Waals surface area contributed by atoms with Crippen molar-refractivity contribution in [1.82, 2.24) is 5.32 Å². The summed E-state index contributed by atoms with van der Waals surface area (Å²) in [6.45, 7) is 0.301. The largest absolute Gasteiger partial charge is 0.310 e.